The van der Waals surface area contributed by atoms with Gasteiger partial charge in [-0.05, 0) is 37.3 Å². The van der Waals surface area contributed by atoms with Gasteiger partial charge in [0.15, 0.2) is 0 Å². The number of aliphatic hydroxyl groups is 1. The highest BCUT2D eigenvalue weighted by Crippen LogP contribution is 2.19. The number of aliphatic hydroxyl groups excluding tert-OH is 1. The van der Waals surface area contributed by atoms with Crippen molar-refractivity contribution in [3.05, 3.63) is 36.0 Å². The maximum absolute atomic E-state index is 12.1. The molecule has 0 aliphatic carbocycles. The lowest BCUT2D eigenvalue weighted by Gasteiger charge is -2.23. The lowest BCUT2D eigenvalue weighted by atomic mass is 10.1. The Morgan fingerprint density at radius 3 is 3.14 bits per heavy atom. The number of amides is 2. The Balaban J connectivity index is 1.46. The number of nitrogens with one attached hydrogen (secondary N) is 2. The summed E-state index contributed by atoms with van der Waals surface area (Å²) in [6, 6.07) is 8.21. The molecule has 3 N–H and O–H groups in total. The first kappa shape index (κ1) is 14.9. The highest BCUT2D eigenvalue weighted by molar-refractivity contribution is 5.83. The summed E-state index contributed by atoms with van der Waals surface area (Å²) in [5.74, 6) is 0. The number of nitrogens with zero attached hydrogens (tertiary/aromatic N) is 1. The highest BCUT2D eigenvalue weighted by atomic mass is 16.3. The Hall–Kier alpha value is -2.01. The van der Waals surface area contributed by atoms with Crippen molar-refractivity contribution in [2.45, 2.75) is 31.7 Å². The van der Waals surface area contributed by atoms with Gasteiger partial charge in [0.2, 0.25) is 0 Å². The Morgan fingerprint density at radius 1 is 1.41 bits per heavy atom. The normalized spacial score (nSPS) is 18.0. The molecule has 118 valence electrons. The van der Waals surface area contributed by atoms with E-state index in [2.05, 4.69) is 28.6 Å². The summed E-state index contributed by atoms with van der Waals surface area (Å²) >= 11 is 0. The van der Waals surface area contributed by atoms with E-state index in [-0.39, 0.29) is 18.7 Å². The van der Waals surface area contributed by atoms with Gasteiger partial charge in [-0.1, -0.05) is 18.2 Å². The number of aromatic nitrogens is 1. The third-order valence-electron chi connectivity index (χ3n) is 4.42. The summed E-state index contributed by atoms with van der Waals surface area (Å²) in [6.45, 7) is 1.47. The molecule has 1 atom stereocenters. The molecule has 1 aromatic carbocycles. The number of benzene rings is 1. The van der Waals surface area contributed by atoms with Crippen molar-refractivity contribution >= 4 is 16.9 Å². The van der Waals surface area contributed by atoms with E-state index in [1.165, 1.54) is 10.9 Å². The fraction of sp³-hybridized carbons (Fsp3) is 0.471. The standard InChI is InChI=1S/C17H23N3O2/c21-12-14-6-4-10-20(14)17(22)18-9-3-5-13-11-19-16-8-2-1-7-15(13)16/h1-2,7-8,11,14,19,21H,3-6,9-10,12H2,(H,18,22). The molecule has 1 aliphatic rings. The molecule has 3 rings (SSSR count). The van der Waals surface area contributed by atoms with Gasteiger partial charge in [-0.2, -0.15) is 0 Å². The molecule has 2 heterocycles. The quantitative estimate of drug-likeness (QED) is 0.742. The van der Waals surface area contributed by atoms with E-state index < -0.39 is 0 Å². The van der Waals surface area contributed by atoms with Crippen LogP contribution in [-0.2, 0) is 6.42 Å². The van der Waals surface area contributed by atoms with Crippen LogP contribution >= 0.6 is 0 Å². The van der Waals surface area contributed by atoms with Gasteiger partial charge in [0, 0.05) is 30.2 Å². The predicted molar refractivity (Wildman–Crippen MR) is 86.8 cm³/mol. The summed E-state index contributed by atoms with van der Waals surface area (Å²) < 4.78 is 0. The largest absolute Gasteiger partial charge is 0.394 e. The van der Waals surface area contributed by atoms with Crippen LogP contribution < -0.4 is 5.32 Å². The van der Waals surface area contributed by atoms with Crippen LogP contribution in [0, 0.1) is 0 Å². The van der Waals surface area contributed by atoms with Gasteiger partial charge >= 0.3 is 6.03 Å². The van der Waals surface area contributed by atoms with Crippen LogP contribution in [0.1, 0.15) is 24.8 Å². The van der Waals surface area contributed by atoms with Crippen LogP contribution in [0.5, 0.6) is 0 Å². The molecule has 22 heavy (non-hydrogen) atoms. The Kier molecular flexibility index (Phi) is 4.63. The molecule has 1 fully saturated rings. The maximum Gasteiger partial charge on any atom is 0.317 e. The number of carbonyl (C=O) groups excluding carboxylic acids is 1. The van der Waals surface area contributed by atoms with Crippen LogP contribution in [0.3, 0.4) is 0 Å². The van der Waals surface area contributed by atoms with Crippen molar-refractivity contribution < 1.29 is 9.90 Å². The van der Waals surface area contributed by atoms with Gasteiger partial charge < -0.3 is 20.3 Å². The van der Waals surface area contributed by atoms with Gasteiger partial charge in [-0.15, -0.1) is 0 Å². The SMILES string of the molecule is O=C(NCCCc1c[nH]c2ccccc12)N1CCCC1CO. The molecular weight excluding hydrogens is 278 g/mol. The van der Waals surface area contributed by atoms with E-state index in [0.717, 1.165) is 37.7 Å². The second-order valence-electron chi connectivity index (χ2n) is 5.87. The summed E-state index contributed by atoms with van der Waals surface area (Å²) in [5.41, 5.74) is 2.45. The number of hydrogen-bond acceptors (Lipinski definition) is 2. The predicted octanol–water partition coefficient (Wildman–Crippen LogP) is 2.27. The molecule has 0 bridgehead atoms. The number of aromatic amines is 1. The van der Waals surface area contributed by atoms with Crippen molar-refractivity contribution in [3.63, 3.8) is 0 Å². The summed E-state index contributed by atoms with van der Waals surface area (Å²) in [7, 11) is 0. The number of hydrogen-bond donors (Lipinski definition) is 3. The molecule has 0 spiro atoms. The van der Waals surface area contributed by atoms with Crippen molar-refractivity contribution in [2.75, 3.05) is 19.7 Å². The molecule has 1 unspecified atom stereocenters. The molecular formula is C17H23N3O2. The molecule has 2 amide bonds. The van der Waals surface area contributed by atoms with Crippen LogP contribution in [0.25, 0.3) is 10.9 Å². The molecule has 0 saturated carbocycles. The number of urea groups is 1. The molecule has 2 aromatic rings. The van der Waals surface area contributed by atoms with Gasteiger partial charge in [0.05, 0.1) is 12.6 Å². The first-order chi connectivity index (χ1) is 10.8. The monoisotopic (exact) mass is 301 g/mol. The second kappa shape index (κ2) is 6.83. The minimum Gasteiger partial charge on any atom is -0.394 e. The molecule has 0 radical (unpaired) electrons. The number of aryl methyl sites for hydroxylation is 1. The molecule has 1 aliphatic heterocycles. The van der Waals surface area contributed by atoms with Crippen molar-refractivity contribution in [1.82, 2.24) is 15.2 Å². The number of likely N-dealkylation sites (tertiary alicyclic amines) is 1. The van der Waals surface area contributed by atoms with E-state index in [0.29, 0.717) is 6.54 Å². The molecule has 1 saturated heterocycles. The highest BCUT2D eigenvalue weighted by Gasteiger charge is 2.27. The molecule has 1 aromatic heterocycles. The Labute approximate surface area is 130 Å². The number of fused-ring (bicyclic) bond motifs is 1. The molecule has 5 heteroatoms. The zero-order chi connectivity index (χ0) is 15.4. The van der Waals surface area contributed by atoms with Gasteiger partial charge in [-0.3, -0.25) is 0 Å². The average molecular weight is 301 g/mol. The Bertz CT molecular complexity index is 638. The average Bonchev–Trinajstić information content (AvgIpc) is 3.18. The summed E-state index contributed by atoms with van der Waals surface area (Å²) in [4.78, 5) is 17.1. The zero-order valence-electron chi connectivity index (χ0n) is 12.7. The summed E-state index contributed by atoms with van der Waals surface area (Å²) in [5, 5.41) is 13.5. The topological polar surface area (TPSA) is 68.4 Å². The van der Waals surface area contributed by atoms with E-state index >= 15 is 0 Å². The van der Waals surface area contributed by atoms with Crippen molar-refractivity contribution in [2.24, 2.45) is 0 Å². The lowest BCUT2D eigenvalue weighted by molar-refractivity contribution is 0.157. The number of para-hydroxylation sites is 1. The fourth-order valence-corrected chi connectivity index (χ4v) is 3.21. The van der Waals surface area contributed by atoms with Gasteiger partial charge in [-0.25, -0.2) is 4.79 Å². The van der Waals surface area contributed by atoms with E-state index in [1.807, 2.05) is 12.1 Å². The van der Waals surface area contributed by atoms with Crippen LogP contribution in [0.15, 0.2) is 30.5 Å². The second-order valence-corrected chi connectivity index (χ2v) is 5.87. The smallest absolute Gasteiger partial charge is 0.317 e. The van der Waals surface area contributed by atoms with Gasteiger partial charge in [0.25, 0.3) is 0 Å². The number of H-pyrrole nitrogens is 1. The minimum atomic E-state index is -0.0459. The summed E-state index contributed by atoms with van der Waals surface area (Å²) in [6.07, 6.45) is 5.78. The van der Waals surface area contributed by atoms with Gasteiger partial charge in [0.1, 0.15) is 0 Å². The third kappa shape index (κ3) is 3.09. The number of rotatable bonds is 5. The zero-order valence-corrected chi connectivity index (χ0v) is 12.7. The van der Waals surface area contributed by atoms with Crippen LogP contribution in [0.2, 0.25) is 0 Å². The first-order valence-corrected chi connectivity index (χ1v) is 8.00. The fourth-order valence-electron chi connectivity index (χ4n) is 3.21. The van der Waals surface area contributed by atoms with Crippen LogP contribution in [-0.4, -0.2) is 46.8 Å². The van der Waals surface area contributed by atoms with Crippen LogP contribution in [0.4, 0.5) is 4.79 Å². The lowest BCUT2D eigenvalue weighted by Crippen LogP contribution is -2.44. The third-order valence-corrected chi connectivity index (χ3v) is 4.42. The molecule has 5 nitrogen and oxygen atoms in total. The van der Waals surface area contributed by atoms with Crippen molar-refractivity contribution in [1.29, 1.82) is 0 Å². The minimum absolute atomic E-state index is 0.00591. The van der Waals surface area contributed by atoms with E-state index in [4.69, 9.17) is 0 Å². The van der Waals surface area contributed by atoms with E-state index in [9.17, 15) is 9.90 Å². The number of carbonyl (C=O) groups is 1. The first-order valence-electron chi connectivity index (χ1n) is 8.00. The Morgan fingerprint density at radius 2 is 2.27 bits per heavy atom. The maximum atomic E-state index is 12.1. The van der Waals surface area contributed by atoms with Crippen molar-refractivity contribution in [3.8, 4) is 0 Å². The van der Waals surface area contributed by atoms with E-state index in [1.54, 1.807) is 4.90 Å².